The van der Waals surface area contributed by atoms with E-state index in [2.05, 4.69) is 36.3 Å². The monoisotopic (exact) mass is 243 g/mol. The SMILES string of the molecule is COC(=O)/C=C/CCCN(C)C[Si](C)(C)C. The molecular weight excluding hydrogens is 218 g/mol. The highest BCUT2D eigenvalue weighted by atomic mass is 28.3. The number of methoxy groups -OCH3 is 1. The van der Waals surface area contributed by atoms with Gasteiger partial charge in [0, 0.05) is 6.08 Å². The third-order valence-corrected chi connectivity index (χ3v) is 3.60. The van der Waals surface area contributed by atoms with Crippen LogP contribution in [0.15, 0.2) is 12.2 Å². The minimum absolute atomic E-state index is 0.268. The molecule has 0 aliphatic heterocycles. The Labute approximate surface area is 100 Å². The molecule has 16 heavy (non-hydrogen) atoms. The van der Waals surface area contributed by atoms with E-state index < -0.39 is 8.07 Å². The van der Waals surface area contributed by atoms with Crippen LogP contribution in [0, 0.1) is 0 Å². The van der Waals surface area contributed by atoms with Crippen molar-refractivity contribution >= 4 is 14.0 Å². The lowest BCUT2D eigenvalue weighted by molar-refractivity contribution is -0.134. The predicted octanol–water partition coefficient (Wildman–Crippen LogP) is 2.30. The Morgan fingerprint density at radius 3 is 2.50 bits per heavy atom. The number of ether oxygens (including phenoxy) is 1. The van der Waals surface area contributed by atoms with Crippen molar-refractivity contribution in [3.05, 3.63) is 12.2 Å². The van der Waals surface area contributed by atoms with Crippen LogP contribution < -0.4 is 0 Å². The van der Waals surface area contributed by atoms with E-state index >= 15 is 0 Å². The summed E-state index contributed by atoms with van der Waals surface area (Å²) >= 11 is 0. The van der Waals surface area contributed by atoms with Crippen molar-refractivity contribution < 1.29 is 9.53 Å². The fraction of sp³-hybridized carbons (Fsp3) is 0.750. The van der Waals surface area contributed by atoms with Gasteiger partial charge in [0.15, 0.2) is 0 Å². The standard InChI is InChI=1S/C12H25NO2Si/c1-13(11-16(3,4)5)10-8-6-7-9-12(14)15-2/h7,9H,6,8,10-11H2,1-5H3/b9-7+. The van der Waals surface area contributed by atoms with Crippen LogP contribution >= 0.6 is 0 Å². The molecule has 0 bridgehead atoms. The highest BCUT2D eigenvalue weighted by Crippen LogP contribution is 2.03. The van der Waals surface area contributed by atoms with E-state index in [-0.39, 0.29) is 5.97 Å². The molecule has 0 atom stereocenters. The number of allylic oxidation sites excluding steroid dienone is 1. The van der Waals surface area contributed by atoms with Gasteiger partial charge in [-0.25, -0.2) is 4.79 Å². The zero-order valence-electron chi connectivity index (χ0n) is 11.2. The number of nitrogens with zero attached hydrogens (tertiary/aromatic N) is 1. The molecule has 4 heteroatoms. The van der Waals surface area contributed by atoms with E-state index in [1.54, 1.807) is 0 Å². The minimum atomic E-state index is -0.979. The van der Waals surface area contributed by atoms with Gasteiger partial charge in [-0.05, 0) is 32.6 Å². The highest BCUT2D eigenvalue weighted by molar-refractivity contribution is 6.76. The van der Waals surface area contributed by atoms with Gasteiger partial charge in [0.25, 0.3) is 0 Å². The van der Waals surface area contributed by atoms with E-state index in [0.717, 1.165) is 19.4 Å². The first-order valence-electron chi connectivity index (χ1n) is 5.78. The molecule has 0 aliphatic carbocycles. The first-order valence-corrected chi connectivity index (χ1v) is 9.49. The van der Waals surface area contributed by atoms with Gasteiger partial charge in [-0.1, -0.05) is 25.7 Å². The second kappa shape index (κ2) is 7.63. The Morgan fingerprint density at radius 1 is 1.38 bits per heavy atom. The van der Waals surface area contributed by atoms with Crippen molar-refractivity contribution in [3.63, 3.8) is 0 Å². The molecule has 0 heterocycles. The Balaban J connectivity index is 3.59. The second-order valence-electron chi connectivity index (χ2n) is 5.37. The number of esters is 1. The molecule has 3 nitrogen and oxygen atoms in total. The average molecular weight is 243 g/mol. The molecule has 0 aromatic rings. The zero-order valence-corrected chi connectivity index (χ0v) is 12.2. The van der Waals surface area contributed by atoms with Gasteiger partial charge < -0.3 is 9.64 Å². The quantitative estimate of drug-likeness (QED) is 0.297. The third-order valence-electron chi connectivity index (χ3n) is 2.11. The maximum absolute atomic E-state index is 10.8. The topological polar surface area (TPSA) is 29.5 Å². The van der Waals surface area contributed by atoms with Crippen molar-refractivity contribution in [2.45, 2.75) is 32.5 Å². The summed E-state index contributed by atoms with van der Waals surface area (Å²) in [5, 5.41) is 0. The molecule has 0 fully saturated rings. The first-order chi connectivity index (χ1) is 7.35. The number of hydrogen-bond donors (Lipinski definition) is 0. The van der Waals surface area contributed by atoms with Crippen molar-refractivity contribution in [1.29, 1.82) is 0 Å². The smallest absolute Gasteiger partial charge is 0.330 e. The number of carbonyl (C=O) groups excluding carboxylic acids is 1. The summed E-state index contributed by atoms with van der Waals surface area (Å²) in [6.07, 6.45) is 6.64. The summed E-state index contributed by atoms with van der Waals surface area (Å²) in [6.45, 7) is 8.22. The van der Waals surface area contributed by atoms with Gasteiger partial charge in [0.2, 0.25) is 0 Å². The fourth-order valence-corrected chi connectivity index (χ4v) is 3.39. The highest BCUT2D eigenvalue weighted by Gasteiger charge is 2.14. The first kappa shape index (κ1) is 15.4. The van der Waals surface area contributed by atoms with Crippen molar-refractivity contribution in [3.8, 4) is 0 Å². The normalized spacial score (nSPS) is 12.4. The number of unbranched alkanes of at least 4 members (excludes halogenated alkanes) is 1. The number of hydrogen-bond acceptors (Lipinski definition) is 3. The van der Waals surface area contributed by atoms with Gasteiger partial charge in [-0.15, -0.1) is 0 Å². The summed E-state index contributed by atoms with van der Waals surface area (Å²) in [7, 11) is 2.59. The van der Waals surface area contributed by atoms with E-state index in [9.17, 15) is 4.79 Å². The molecule has 0 unspecified atom stereocenters. The molecule has 0 aromatic carbocycles. The maximum atomic E-state index is 10.8. The van der Waals surface area contributed by atoms with E-state index in [4.69, 9.17) is 0 Å². The zero-order chi connectivity index (χ0) is 12.6. The maximum Gasteiger partial charge on any atom is 0.330 e. The molecule has 0 N–H and O–H groups in total. The van der Waals surface area contributed by atoms with Gasteiger partial charge in [0.1, 0.15) is 0 Å². The van der Waals surface area contributed by atoms with E-state index in [1.165, 1.54) is 19.4 Å². The number of rotatable bonds is 7. The lowest BCUT2D eigenvalue weighted by Crippen LogP contribution is -2.38. The van der Waals surface area contributed by atoms with Crippen LogP contribution in [0.2, 0.25) is 19.6 Å². The van der Waals surface area contributed by atoms with Crippen LogP contribution in [-0.2, 0) is 9.53 Å². The van der Waals surface area contributed by atoms with Gasteiger partial charge in [-0.3, -0.25) is 0 Å². The Morgan fingerprint density at radius 2 is 2.00 bits per heavy atom. The van der Waals surface area contributed by atoms with Crippen molar-refractivity contribution in [2.24, 2.45) is 0 Å². The third kappa shape index (κ3) is 9.92. The lowest BCUT2D eigenvalue weighted by atomic mass is 10.3. The van der Waals surface area contributed by atoms with Gasteiger partial charge in [0.05, 0.1) is 15.2 Å². The minimum Gasteiger partial charge on any atom is -0.466 e. The predicted molar refractivity (Wildman–Crippen MR) is 71.2 cm³/mol. The number of carbonyl (C=O) groups is 1. The molecule has 94 valence electrons. The van der Waals surface area contributed by atoms with Crippen LogP contribution in [0.5, 0.6) is 0 Å². The fourth-order valence-electron chi connectivity index (χ4n) is 1.62. The summed E-state index contributed by atoms with van der Waals surface area (Å²) in [6, 6.07) is 0. The van der Waals surface area contributed by atoms with Crippen LogP contribution in [0.1, 0.15) is 12.8 Å². The lowest BCUT2D eigenvalue weighted by Gasteiger charge is -2.24. The Kier molecular flexibility index (Phi) is 7.33. The molecular formula is C12H25NO2Si. The molecule has 0 aliphatic rings. The summed E-state index contributed by atoms with van der Waals surface area (Å²) in [5.74, 6) is -0.268. The molecule has 0 saturated carbocycles. The second-order valence-corrected chi connectivity index (χ2v) is 10.8. The van der Waals surface area contributed by atoms with E-state index in [0.29, 0.717) is 0 Å². The van der Waals surface area contributed by atoms with Crippen LogP contribution in [-0.4, -0.2) is 45.8 Å². The van der Waals surface area contributed by atoms with Crippen LogP contribution in [0.4, 0.5) is 0 Å². The van der Waals surface area contributed by atoms with Crippen LogP contribution in [0.3, 0.4) is 0 Å². The summed E-state index contributed by atoms with van der Waals surface area (Å²) in [4.78, 5) is 13.2. The molecule has 0 aromatic heterocycles. The van der Waals surface area contributed by atoms with Gasteiger partial charge in [-0.2, -0.15) is 0 Å². The molecule has 0 saturated heterocycles. The Hall–Kier alpha value is -0.613. The summed E-state index contributed by atoms with van der Waals surface area (Å²) in [5.41, 5.74) is 0. The Bertz CT molecular complexity index is 234. The largest absolute Gasteiger partial charge is 0.466 e. The van der Waals surface area contributed by atoms with Crippen molar-refractivity contribution in [1.82, 2.24) is 4.90 Å². The molecule has 0 spiro atoms. The van der Waals surface area contributed by atoms with Gasteiger partial charge >= 0.3 is 5.97 Å². The van der Waals surface area contributed by atoms with Crippen molar-refractivity contribution in [2.75, 3.05) is 26.9 Å². The van der Waals surface area contributed by atoms with E-state index in [1.807, 2.05) is 6.08 Å². The molecule has 0 amide bonds. The van der Waals surface area contributed by atoms with Crippen LogP contribution in [0.25, 0.3) is 0 Å². The molecule has 0 radical (unpaired) electrons. The summed E-state index contributed by atoms with van der Waals surface area (Å²) < 4.78 is 4.51. The molecule has 0 rings (SSSR count). The average Bonchev–Trinajstić information content (AvgIpc) is 2.14.